The lowest BCUT2D eigenvalue weighted by molar-refractivity contribution is -0.145. The highest BCUT2D eigenvalue weighted by Gasteiger charge is 2.39. The molecule has 5 amide bonds. The lowest BCUT2D eigenvalue weighted by Gasteiger charge is -2.45. The van der Waals surface area contributed by atoms with Crippen molar-refractivity contribution >= 4 is 64.5 Å². The Morgan fingerprint density at radius 2 is 0.833 bits per heavy atom. The summed E-state index contributed by atoms with van der Waals surface area (Å²) in [6, 6.07) is 19.6. The Kier molecular flexibility index (Phi) is 14.5. The van der Waals surface area contributed by atoms with E-state index < -0.39 is 12.1 Å². The van der Waals surface area contributed by atoms with E-state index >= 15 is 0 Å². The van der Waals surface area contributed by atoms with Crippen LogP contribution in [-0.4, -0.2) is 204 Å². The number of urea groups is 2. The van der Waals surface area contributed by atoms with Gasteiger partial charge in [0.1, 0.15) is 0 Å². The van der Waals surface area contributed by atoms with Crippen molar-refractivity contribution in [1.29, 1.82) is 0 Å². The zero-order chi connectivity index (χ0) is 53.1. The van der Waals surface area contributed by atoms with E-state index in [9.17, 15) is 14.4 Å². The number of carbonyl (C=O) groups excluding carboxylic acids is 3. The summed E-state index contributed by atoms with van der Waals surface area (Å²) >= 11 is 0. The third-order valence-electron chi connectivity index (χ3n) is 14.4. The van der Waals surface area contributed by atoms with E-state index in [1.54, 1.807) is 80.2 Å². The van der Waals surface area contributed by atoms with E-state index in [2.05, 4.69) is 52.1 Å². The van der Waals surface area contributed by atoms with Gasteiger partial charge >= 0.3 is 12.1 Å². The third-order valence-corrected chi connectivity index (χ3v) is 14.4. The zero-order valence-electron chi connectivity index (χ0n) is 43.4. The van der Waals surface area contributed by atoms with Crippen LogP contribution in [0.4, 0.5) is 56.1 Å². The number of hydrazine groups is 1. The number of ether oxygens (including phenoxy) is 4. The van der Waals surface area contributed by atoms with Gasteiger partial charge < -0.3 is 59.0 Å². The predicted octanol–water partition coefficient (Wildman–Crippen LogP) is 3.50. The Hall–Kier alpha value is -8.23. The summed E-state index contributed by atoms with van der Waals surface area (Å²) < 4.78 is 23.9. The maximum absolute atomic E-state index is 15.0. The first-order valence-corrected chi connectivity index (χ1v) is 26.3. The summed E-state index contributed by atoms with van der Waals surface area (Å²) in [5.41, 5.74) is 2.88. The second-order valence-corrected chi connectivity index (χ2v) is 20.0. The summed E-state index contributed by atoms with van der Waals surface area (Å²) in [6.07, 6.45) is 5.89. The second kappa shape index (κ2) is 22.4. The van der Waals surface area contributed by atoms with Gasteiger partial charge in [-0.3, -0.25) is 14.8 Å². The van der Waals surface area contributed by atoms with E-state index in [1.165, 1.54) is 10.0 Å². The number of benzene rings is 2. The molecule has 6 saturated heterocycles. The van der Waals surface area contributed by atoms with Crippen molar-refractivity contribution < 1.29 is 33.3 Å². The standard InChI is InChI=1S/C53H60N18O7/c1-35(72)67-29-44-33-69(34-45(30-67)78-44)51-61-47(59-49(63-51)66-21-25-76-26-22-66)37-5-9-41(10-6-37)71(53(74)57-39-13-17-55-18-14-39)70(52(73)56-38-11-15-54-16-12-38)40-7-3-36(4-8-40)46-58-48(65-19-23-75-24-20-65)62-50(60-46)68-31-42-27-64(2)28-43(32-68)77-42/h3-18,42-45H,19-34H2,1-2H3,(H,54,56,73)(H,55,57,74). The van der Waals surface area contributed by atoms with Crippen LogP contribution in [-0.2, 0) is 23.7 Å². The van der Waals surface area contributed by atoms with Gasteiger partial charge in [0.05, 0.1) is 62.2 Å². The van der Waals surface area contributed by atoms with Crippen LogP contribution >= 0.6 is 0 Å². The molecular formula is C53H60N18O7. The van der Waals surface area contributed by atoms with Crippen LogP contribution in [0.15, 0.2) is 97.6 Å². The van der Waals surface area contributed by atoms with Crippen LogP contribution in [0.2, 0.25) is 0 Å². The van der Waals surface area contributed by atoms with E-state index in [1.807, 2.05) is 29.2 Å². The normalized spacial score (nSPS) is 21.4. The summed E-state index contributed by atoms with van der Waals surface area (Å²) in [5, 5.41) is 8.49. The van der Waals surface area contributed by atoms with Gasteiger partial charge in [-0.25, -0.2) is 9.59 Å². The third kappa shape index (κ3) is 11.3. The number of aromatic nitrogens is 8. The molecule has 6 aliphatic heterocycles. The van der Waals surface area contributed by atoms with Crippen LogP contribution in [0, 0.1) is 0 Å². The SMILES string of the molecule is CC(=O)N1CC2CN(c3nc(-c4ccc(N(C(=O)Nc5ccncc5)N(C(=O)Nc5ccncc5)c5ccc(-c6nc(N7CCOCC7)nc(N7CC8CN(C)CC(C7)O8)n6)cc5)cc4)nc(N4CCOCC4)n3)CC(C1)O2. The van der Waals surface area contributed by atoms with Crippen LogP contribution in [0.5, 0.6) is 0 Å². The fraction of sp³-hybridized carbons (Fsp3) is 0.415. The van der Waals surface area contributed by atoms with Crippen molar-refractivity contribution in [2.45, 2.75) is 31.3 Å². The van der Waals surface area contributed by atoms with Crippen molar-refractivity contribution in [1.82, 2.24) is 49.7 Å². The molecule has 0 saturated carbocycles. The van der Waals surface area contributed by atoms with Crippen molar-refractivity contribution in [2.24, 2.45) is 0 Å². The van der Waals surface area contributed by atoms with Crippen molar-refractivity contribution in [3.05, 3.63) is 97.6 Å². The number of morpholine rings is 6. The molecule has 4 bridgehead atoms. The van der Waals surface area contributed by atoms with Gasteiger partial charge in [0, 0.05) is 133 Å². The van der Waals surface area contributed by atoms with Crippen molar-refractivity contribution in [3.63, 3.8) is 0 Å². The van der Waals surface area contributed by atoms with Crippen LogP contribution < -0.4 is 40.3 Å². The van der Waals surface area contributed by atoms with E-state index in [0.29, 0.717) is 161 Å². The highest BCUT2D eigenvalue weighted by Crippen LogP contribution is 2.33. The number of hydrogen-bond acceptors (Lipinski definition) is 20. The number of carbonyl (C=O) groups is 3. The number of fused-ring (bicyclic) bond motifs is 4. The molecular weight excluding hydrogens is 1000 g/mol. The molecule has 78 heavy (non-hydrogen) atoms. The minimum absolute atomic E-state index is 0.0153. The first-order chi connectivity index (χ1) is 38.1. The summed E-state index contributed by atoms with van der Waals surface area (Å²) in [4.78, 5) is 93.3. The maximum Gasteiger partial charge on any atom is 0.345 e. The monoisotopic (exact) mass is 1060 g/mol. The van der Waals surface area contributed by atoms with E-state index in [-0.39, 0.29) is 30.3 Å². The highest BCUT2D eigenvalue weighted by molar-refractivity contribution is 6.13. The van der Waals surface area contributed by atoms with Gasteiger partial charge in [-0.2, -0.15) is 39.9 Å². The summed E-state index contributed by atoms with van der Waals surface area (Å²) in [7, 11) is 2.12. The average molecular weight is 1060 g/mol. The van der Waals surface area contributed by atoms with Gasteiger partial charge in [-0.1, -0.05) is 0 Å². The Morgan fingerprint density at radius 1 is 0.474 bits per heavy atom. The number of likely N-dealkylation sites (N-methyl/N-ethyl adjacent to an activating group) is 1. The number of pyridine rings is 2. The first kappa shape index (κ1) is 50.6. The highest BCUT2D eigenvalue weighted by atomic mass is 16.5. The molecule has 4 atom stereocenters. The zero-order valence-corrected chi connectivity index (χ0v) is 43.4. The number of amides is 5. The minimum Gasteiger partial charge on any atom is -0.378 e. The molecule has 25 nitrogen and oxygen atoms in total. The molecule has 0 spiro atoms. The molecule has 12 rings (SSSR count). The van der Waals surface area contributed by atoms with Gasteiger partial charge in [-0.05, 0) is 79.8 Å². The summed E-state index contributed by atoms with van der Waals surface area (Å²) in [6.45, 7) is 11.1. The molecule has 404 valence electrons. The maximum atomic E-state index is 15.0. The van der Waals surface area contributed by atoms with Crippen molar-refractivity contribution in [2.75, 3.05) is 152 Å². The van der Waals surface area contributed by atoms with Crippen molar-refractivity contribution in [3.8, 4) is 22.8 Å². The van der Waals surface area contributed by atoms with E-state index in [4.69, 9.17) is 48.9 Å². The van der Waals surface area contributed by atoms with Gasteiger partial charge in [0.2, 0.25) is 29.7 Å². The van der Waals surface area contributed by atoms with Crippen LogP contribution in [0.25, 0.3) is 22.8 Å². The topological polar surface area (TPSA) is 241 Å². The number of anilines is 8. The molecule has 6 aromatic rings. The van der Waals surface area contributed by atoms with Gasteiger partial charge in [0.25, 0.3) is 0 Å². The van der Waals surface area contributed by atoms with Gasteiger partial charge in [-0.15, -0.1) is 0 Å². The molecule has 4 unspecified atom stereocenters. The number of hydrogen-bond donors (Lipinski definition) is 2. The smallest absolute Gasteiger partial charge is 0.345 e. The number of rotatable bonds is 10. The van der Waals surface area contributed by atoms with Crippen LogP contribution in [0.1, 0.15) is 6.92 Å². The number of nitrogens with zero attached hydrogens (tertiary/aromatic N) is 16. The Morgan fingerprint density at radius 3 is 1.21 bits per heavy atom. The second-order valence-electron chi connectivity index (χ2n) is 20.0. The lowest BCUT2D eigenvalue weighted by atomic mass is 10.1. The molecule has 10 heterocycles. The van der Waals surface area contributed by atoms with Gasteiger partial charge in [0.15, 0.2) is 11.6 Å². The molecule has 25 heteroatoms. The summed E-state index contributed by atoms with van der Waals surface area (Å²) in [5.74, 6) is 2.99. The average Bonchev–Trinajstić information content (AvgIpc) is 3.53. The Bertz CT molecular complexity index is 3050. The molecule has 6 fully saturated rings. The largest absolute Gasteiger partial charge is 0.378 e. The first-order valence-electron chi connectivity index (χ1n) is 26.3. The Balaban J connectivity index is 0.904. The molecule has 0 radical (unpaired) electrons. The lowest BCUT2D eigenvalue weighted by Crippen LogP contribution is -2.60. The van der Waals surface area contributed by atoms with E-state index in [0.717, 1.165) is 13.1 Å². The molecule has 6 aliphatic rings. The molecule has 2 N–H and O–H groups in total. The molecule has 4 aromatic heterocycles. The minimum atomic E-state index is -0.653. The molecule has 2 aromatic carbocycles. The fourth-order valence-electron chi connectivity index (χ4n) is 10.6. The Labute approximate surface area is 450 Å². The molecule has 0 aliphatic carbocycles. The fourth-order valence-corrected chi connectivity index (χ4v) is 10.6. The predicted molar refractivity (Wildman–Crippen MR) is 290 cm³/mol. The quantitative estimate of drug-likeness (QED) is 0.187. The number of nitrogens with one attached hydrogen (secondary N) is 2. The van der Waals surface area contributed by atoms with Crippen LogP contribution in [0.3, 0.4) is 0 Å².